The Hall–Kier alpha value is -2.92. The van der Waals surface area contributed by atoms with Crippen molar-refractivity contribution in [3.63, 3.8) is 0 Å². The topological polar surface area (TPSA) is 79.9 Å². The number of thioether (sulfide) groups is 1. The number of ether oxygens (including phenoxy) is 2. The van der Waals surface area contributed by atoms with Gasteiger partial charge in [0.2, 0.25) is 5.91 Å². The lowest BCUT2D eigenvalue weighted by Crippen LogP contribution is -2.54. The van der Waals surface area contributed by atoms with E-state index < -0.39 is 17.8 Å². The maximum Gasteiger partial charge on any atom is 0.416 e. The average molecular weight is 524 g/mol. The van der Waals surface area contributed by atoms with E-state index in [0.717, 1.165) is 12.1 Å². The van der Waals surface area contributed by atoms with Crippen molar-refractivity contribution in [2.75, 3.05) is 33.1 Å². The molecule has 0 saturated carbocycles. The van der Waals surface area contributed by atoms with Gasteiger partial charge in [0.1, 0.15) is 11.5 Å². The second kappa shape index (κ2) is 10.6. The first-order valence-corrected chi connectivity index (χ1v) is 12.5. The van der Waals surface area contributed by atoms with E-state index in [1.807, 2.05) is 0 Å². The van der Waals surface area contributed by atoms with Crippen LogP contribution in [0.15, 0.2) is 42.5 Å². The number of carbonyl (C=O) groups excluding carboxylic acids is 2. The van der Waals surface area contributed by atoms with Crippen molar-refractivity contribution in [1.29, 1.82) is 0 Å². The average Bonchev–Trinajstić information content (AvgIpc) is 3.30. The number of likely N-dealkylation sites (tertiary alicyclic amines) is 1. The highest BCUT2D eigenvalue weighted by Crippen LogP contribution is 2.39. The maximum absolute atomic E-state index is 13.1. The SMILES string of the molecule is COc1cc(OC)cc(C(=O)N2CCC3(CC2)NC(C(=O)NCc2cccc(C(F)(F)F)c2)CS3)c1. The van der Waals surface area contributed by atoms with E-state index in [1.54, 1.807) is 40.9 Å². The Morgan fingerprint density at radius 2 is 1.78 bits per heavy atom. The first kappa shape index (κ1) is 26.2. The second-order valence-electron chi connectivity index (χ2n) is 8.81. The van der Waals surface area contributed by atoms with Gasteiger partial charge in [-0.2, -0.15) is 13.2 Å². The van der Waals surface area contributed by atoms with Crippen LogP contribution in [-0.4, -0.2) is 60.7 Å². The molecule has 0 bridgehead atoms. The normalized spacial score (nSPS) is 19.2. The molecule has 2 fully saturated rings. The van der Waals surface area contributed by atoms with Crippen LogP contribution in [0, 0.1) is 0 Å². The number of carbonyl (C=O) groups is 2. The Balaban J connectivity index is 1.30. The number of nitrogens with one attached hydrogen (secondary N) is 2. The van der Waals surface area contributed by atoms with Gasteiger partial charge < -0.3 is 19.7 Å². The molecule has 2 aromatic rings. The van der Waals surface area contributed by atoms with E-state index in [0.29, 0.717) is 54.3 Å². The highest BCUT2D eigenvalue weighted by Gasteiger charge is 2.44. The van der Waals surface area contributed by atoms with Crippen molar-refractivity contribution in [3.8, 4) is 11.5 Å². The molecule has 0 radical (unpaired) electrons. The summed E-state index contributed by atoms with van der Waals surface area (Å²) in [6, 6.07) is 9.56. The molecule has 36 heavy (non-hydrogen) atoms. The lowest BCUT2D eigenvalue weighted by molar-refractivity contribution is -0.137. The summed E-state index contributed by atoms with van der Waals surface area (Å²) in [6.07, 6.45) is -3.09. The van der Waals surface area contributed by atoms with Crippen molar-refractivity contribution >= 4 is 23.6 Å². The Morgan fingerprint density at radius 1 is 1.11 bits per heavy atom. The van der Waals surface area contributed by atoms with Crippen LogP contribution in [0.3, 0.4) is 0 Å². The minimum Gasteiger partial charge on any atom is -0.497 e. The molecule has 1 spiro atoms. The van der Waals surface area contributed by atoms with Crippen molar-refractivity contribution in [1.82, 2.24) is 15.5 Å². The molecule has 2 saturated heterocycles. The monoisotopic (exact) mass is 523 g/mol. The summed E-state index contributed by atoms with van der Waals surface area (Å²) in [5, 5.41) is 6.15. The molecule has 2 aliphatic heterocycles. The molecule has 2 N–H and O–H groups in total. The molecule has 2 amide bonds. The van der Waals surface area contributed by atoms with Gasteiger partial charge in [-0.1, -0.05) is 12.1 Å². The maximum atomic E-state index is 13.1. The molecule has 0 aromatic heterocycles. The zero-order valence-corrected chi connectivity index (χ0v) is 20.8. The summed E-state index contributed by atoms with van der Waals surface area (Å²) >= 11 is 1.65. The lowest BCUT2D eigenvalue weighted by Gasteiger charge is -2.39. The molecule has 2 heterocycles. The molecule has 11 heteroatoms. The molecular weight excluding hydrogens is 495 g/mol. The standard InChI is InChI=1S/C25H28F3N3O4S/c1-34-19-11-17(12-20(13-19)35-2)23(33)31-8-6-24(7-9-31)30-21(15-36-24)22(32)29-14-16-4-3-5-18(10-16)25(26,27)28/h3-5,10-13,21,30H,6-9,14-15H2,1-2H3,(H,29,32). The number of hydrogen-bond acceptors (Lipinski definition) is 6. The third kappa shape index (κ3) is 5.89. The number of alkyl halides is 3. The lowest BCUT2D eigenvalue weighted by atomic mass is 10.0. The van der Waals surface area contributed by atoms with Gasteiger partial charge in [0.15, 0.2) is 0 Å². The first-order chi connectivity index (χ1) is 17.1. The van der Waals surface area contributed by atoms with Crippen molar-refractivity contribution < 1.29 is 32.2 Å². The van der Waals surface area contributed by atoms with Crippen molar-refractivity contribution in [3.05, 3.63) is 59.2 Å². The predicted molar refractivity (Wildman–Crippen MR) is 130 cm³/mol. The van der Waals surface area contributed by atoms with Crippen LogP contribution < -0.4 is 20.1 Å². The predicted octanol–water partition coefficient (Wildman–Crippen LogP) is 3.68. The third-order valence-corrected chi connectivity index (χ3v) is 8.04. The van der Waals surface area contributed by atoms with Crippen LogP contribution in [0.25, 0.3) is 0 Å². The molecule has 1 atom stereocenters. The fraction of sp³-hybridized carbons (Fsp3) is 0.440. The van der Waals surface area contributed by atoms with E-state index in [2.05, 4.69) is 10.6 Å². The zero-order chi connectivity index (χ0) is 25.9. The summed E-state index contributed by atoms with van der Waals surface area (Å²) in [5.74, 6) is 1.27. The molecule has 194 valence electrons. The number of amides is 2. The number of rotatable bonds is 6. The van der Waals surface area contributed by atoms with Gasteiger partial charge in [0.05, 0.1) is 30.7 Å². The van der Waals surface area contributed by atoms with Crippen LogP contribution in [0.5, 0.6) is 11.5 Å². The van der Waals surface area contributed by atoms with Crippen LogP contribution in [-0.2, 0) is 17.5 Å². The summed E-state index contributed by atoms with van der Waals surface area (Å²) in [4.78, 5) is 27.2. The molecule has 7 nitrogen and oxygen atoms in total. The summed E-state index contributed by atoms with van der Waals surface area (Å²) in [5.41, 5.74) is 0.136. The van der Waals surface area contributed by atoms with Crippen LogP contribution in [0.4, 0.5) is 13.2 Å². The molecule has 2 aliphatic rings. The minimum atomic E-state index is -4.43. The molecule has 4 rings (SSSR count). The van der Waals surface area contributed by atoms with Gasteiger partial charge in [0, 0.05) is 37.0 Å². The smallest absolute Gasteiger partial charge is 0.416 e. The summed E-state index contributed by atoms with van der Waals surface area (Å²) < 4.78 is 49.3. The minimum absolute atomic E-state index is 0.0187. The molecular formula is C25H28F3N3O4S. The summed E-state index contributed by atoms with van der Waals surface area (Å²) in [7, 11) is 3.06. The Bertz CT molecular complexity index is 1100. The quantitative estimate of drug-likeness (QED) is 0.602. The number of hydrogen-bond donors (Lipinski definition) is 2. The number of methoxy groups -OCH3 is 2. The first-order valence-electron chi connectivity index (χ1n) is 11.5. The van der Waals surface area contributed by atoms with E-state index in [9.17, 15) is 22.8 Å². The number of halogens is 3. The van der Waals surface area contributed by atoms with Gasteiger partial charge in [0.25, 0.3) is 5.91 Å². The number of nitrogens with zero attached hydrogens (tertiary/aromatic N) is 1. The number of benzene rings is 2. The Labute approximate surface area is 211 Å². The molecule has 2 aromatic carbocycles. The van der Waals surface area contributed by atoms with E-state index in [-0.39, 0.29) is 23.2 Å². The van der Waals surface area contributed by atoms with Gasteiger partial charge in [-0.3, -0.25) is 14.9 Å². The van der Waals surface area contributed by atoms with Crippen LogP contribution in [0.1, 0.15) is 34.3 Å². The van der Waals surface area contributed by atoms with Crippen LogP contribution in [0.2, 0.25) is 0 Å². The highest BCUT2D eigenvalue weighted by molar-refractivity contribution is 8.01. The van der Waals surface area contributed by atoms with Gasteiger partial charge in [-0.25, -0.2) is 0 Å². The third-order valence-electron chi connectivity index (χ3n) is 6.46. The fourth-order valence-electron chi connectivity index (χ4n) is 4.43. The largest absolute Gasteiger partial charge is 0.497 e. The van der Waals surface area contributed by atoms with Gasteiger partial charge in [-0.15, -0.1) is 11.8 Å². The van der Waals surface area contributed by atoms with Gasteiger partial charge in [-0.05, 0) is 42.7 Å². The second-order valence-corrected chi connectivity index (χ2v) is 10.2. The Morgan fingerprint density at radius 3 is 2.39 bits per heavy atom. The Kier molecular flexibility index (Phi) is 7.70. The number of piperidine rings is 1. The van der Waals surface area contributed by atoms with Crippen molar-refractivity contribution in [2.24, 2.45) is 0 Å². The van der Waals surface area contributed by atoms with E-state index in [1.165, 1.54) is 20.3 Å². The van der Waals surface area contributed by atoms with Crippen LogP contribution >= 0.6 is 11.8 Å². The van der Waals surface area contributed by atoms with E-state index >= 15 is 0 Å². The van der Waals surface area contributed by atoms with E-state index in [4.69, 9.17) is 9.47 Å². The van der Waals surface area contributed by atoms with Crippen molar-refractivity contribution in [2.45, 2.75) is 36.5 Å². The summed E-state index contributed by atoms with van der Waals surface area (Å²) in [6.45, 7) is 1.07. The zero-order valence-electron chi connectivity index (χ0n) is 20.0. The molecule has 1 unspecified atom stereocenters. The fourth-order valence-corrected chi connectivity index (χ4v) is 5.85. The highest BCUT2D eigenvalue weighted by atomic mass is 32.2. The molecule has 0 aliphatic carbocycles. The van der Waals surface area contributed by atoms with Gasteiger partial charge >= 0.3 is 6.18 Å².